The second-order valence-corrected chi connectivity index (χ2v) is 4.96. The van der Waals surface area contributed by atoms with Gasteiger partial charge in [-0.15, -0.1) is 0 Å². The molecule has 7 heteroatoms. The lowest BCUT2D eigenvalue weighted by atomic mass is 10.1. The molecular formula is C17H15N3O4. The van der Waals surface area contributed by atoms with Gasteiger partial charge in [0.05, 0.1) is 0 Å². The van der Waals surface area contributed by atoms with E-state index in [-0.39, 0.29) is 6.61 Å². The van der Waals surface area contributed by atoms with Gasteiger partial charge in [-0.2, -0.15) is 0 Å². The maximum Gasteiger partial charge on any atom is 0.404 e. The zero-order chi connectivity index (χ0) is 16.8. The molecule has 3 rings (SSSR count). The maximum absolute atomic E-state index is 10.6. The number of pyridine rings is 1. The zero-order valence-corrected chi connectivity index (χ0v) is 12.7. The van der Waals surface area contributed by atoms with E-state index < -0.39 is 6.09 Å². The van der Waals surface area contributed by atoms with Crippen molar-refractivity contribution >= 4 is 6.09 Å². The van der Waals surface area contributed by atoms with Gasteiger partial charge in [-0.3, -0.25) is 4.98 Å². The number of nitrogens with zero attached hydrogens (tertiary/aromatic N) is 2. The van der Waals surface area contributed by atoms with Gasteiger partial charge in [0, 0.05) is 29.6 Å². The monoisotopic (exact) mass is 325 g/mol. The predicted octanol–water partition coefficient (Wildman–Crippen LogP) is 2.91. The standard InChI is InChI=1S/C17H15N3O4/c18-17(21)23-11-15-8-16(20-24-15)13-3-5-14(6-4-13)22-10-12-2-1-7-19-9-12/h1-9H,10-11H2,(H2,18,21). The summed E-state index contributed by atoms with van der Waals surface area (Å²) in [5.74, 6) is 1.16. The fourth-order valence-electron chi connectivity index (χ4n) is 2.03. The first-order valence-corrected chi connectivity index (χ1v) is 7.20. The van der Waals surface area contributed by atoms with Crippen LogP contribution >= 0.6 is 0 Å². The third-order valence-corrected chi connectivity index (χ3v) is 3.19. The summed E-state index contributed by atoms with van der Waals surface area (Å²) in [6.45, 7) is 0.403. The Balaban J connectivity index is 1.61. The van der Waals surface area contributed by atoms with Crippen molar-refractivity contribution in [2.45, 2.75) is 13.2 Å². The molecule has 7 nitrogen and oxygen atoms in total. The predicted molar refractivity (Wildman–Crippen MR) is 84.9 cm³/mol. The van der Waals surface area contributed by atoms with Crippen LogP contribution in [0.5, 0.6) is 5.75 Å². The maximum atomic E-state index is 10.6. The van der Waals surface area contributed by atoms with E-state index in [2.05, 4.69) is 14.9 Å². The third-order valence-electron chi connectivity index (χ3n) is 3.19. The molecule has 0 fully saturated rings. The van der Waals surface area contributed by atoms with Gasteiger partial charge >= 0.3 is 6.09 Å². The van der Waals surface area contributed by atoms with Gasteiger partial charge < -0.3 is 19.7 Å². The largest absolute Gasteiger partial charge is 0.489 e. The second-order valence-electron chi connectivity index (χ2n) is 4.96. The molecule has 2 N–H and O–H groups in total. The van der Waals surface area contributed by atoms with Crippen molar-refractivity contribution in [2.75, 3.05) is 0 Å². The minimum absolute atomic E-state index is 0.0470. The highest BCUT2D eigenvalue weighted by Crippen LogP contribution is 2.23. The summed E-state index contributed by atoms with van der Waals surface area (Å²) in [4.78, 5) is 14.6. The molecule has 1 aromatic carbocycles. The van der Waals surface area contributed by atoms with Gasteiger partial charge in [0.2, 0.25) is 0 Å². The van der Waals surface area contributed by atoms with Crippen LogP contribution in [0.15, 0.2) is 59.4 Å². The second kappa shape index (κ2) is 7.28. The van der Waals surface area contributed by atoms with Crippen molar-refractivity contribution in [3.63, 3.8) is 0 Å². The number of carbonyl (C=O) groups excluding carboxylic acids is 1. The molecule has 24 heavy (non-hydrogen) atoms. The van der Waals surface area contributed by atoms with E-state index in [1.807, 2.05) is 36.4 Å². The molecule has 0 spiro atoms. The summed E-state index contributed by atoms with van der Waals surface area (Å²) < 4.78 is 15.4. The molecule has 0 atom stereocenters. The number of rotatable bonds is 6. The first-order valence-electron chi connectivity index (χ1n) is 7.20. The Labute approximate surface area is 138 Å². The fourth-order valence-corrected chi connectivity index (χ4v) is 2.03. The van der Waals surface area contributed by atoms with Gasteiger partial charge in [-0.1, -0.05) is 11.2 Å². The molecule has 0 radical (unpaired) electrons. The van der Waals surface area contributed by atoms with Crippen LogP contribution < -0.4 is 10.5 Å². The van der Waals surface area contributed by atoms with E-state index in [1.165, 1.54) is 0 Å². The minimum atomic E-state index is -0.858. The van der Waals surface area contributed by atoms with E-state index >= 15 is 0 Å². The van der Waals surface area contributed by atoms with Crippen LogP contribution in [-0.2, 0) is 18.0 Å². The smallest absolute Gasteiger partial charge is 0.404 e. The Morgan fingerprint density at radius 2 is 2.00 bits per heavy atom. The van der Waals surface area contributed by atoms with Crippen molar-refractivity contribution in [3.05, 3.63) is 66.2 Å². The van der Waals surface area contributed by atoms with Crippen LogP contribution in [0.25, 0.3) is 11.3 Å². The summed E-state index contributed by atoms with van der Waals surface area (Å²) in [6.07, 6.45) is 2.63. The third kappa shape index (κ3) is 4.10. The van der Waals surface area contributed by atoms with E-state index in [0.29, 0.717) is 18.1 Å². The average molecular weight is 325 g/mol. The van der Waals surface area contributed by atoms with Crippen LogP contribution in [0.2, 0.25) is 0 Å². The molecular weight excluding hydrogens is 310 g/mol. The SMILES string of the molecule is NC(=O)OCc1cc(-c2ccc(OCc3cccnc3)cc2)no1. The molecule has 0 saturated carbocycles. The Morgan fingerprint density at radius 1 is 1.17 bits per heavy atom. The summed E-state index contributed by atoms with van der Waals surface area (Å²) in [7, 11) is 0. The molecule has 0 saturated heterocycles. The van der Waals surface area contributed by atoms with Crippen molar-refractivity contribution in [1.29, 1.82) is 0 Å². The fraction of sp³-hybridized carbons (Fsp3) is 0.118. The molecule has 2 heterocycles. The first-order chi connectivity index (χ1) is 11.7. The van der Waals surface area contributed by atoms with Crippen molar-refractivity contribution < 1.29 is 18.8 Å². The number of ether oxygens (including phenoxy) is 2. The van der Waals surface area contributed by atoms with Gasteiger partial charge in [-0.25, -0.2) is 4.79 Å². The molecule has 0 aliphatic heterocycles. The van der Waals surface area contributed by atoms with Crippen LogP contribution in [0.3, 0.4) is 0 Å². The van der Waals surface area contributed by atoms with Crippen molar-refractivity contribution in [3.8, 4) is 17.0 Å². The summed E-state index contributed by atoms with van der Waals surface area (Å²) in [5.41, 5.74) is 7.40. The van der Waals surface area contributed by atoms with Crippen molar-refractivity contribution in [1.82, 2.24) is 10.1 Å². The van der Waals surface area contributed by atoms with Crippen molar-refractivity contribution in [2.24, 2.45) is 5.73 Å². The highest BCUT2D eigenvalue weighted by atomic mass is 16.6. The number of nitrogens with two attached hydrogens (primary N) is 1. The van der Waals surface area contributed by atoms with E-state index in [0.717, 1.165) is 16.9 Å². The van der Waals surface area contributed by atoms with Gasteiger partial charge in [-0.05, 0) is 30.3 Å². The quantitative estimate of drug-likeness (QED) is 0.748. The number of benzene rings is 1. The lowest BCUT2D eigenvalue weighted by Gasteiger charge is -2.06. The van der Waals surface area contributed by atoms with Crippen LogP contribution in [0, 0.1) is 0 Å². The van der Waals surface area contributed by atoms with Crippen LogP contribution in [0.1, 0.15) is 11.3 Å². The normalized spacial score (nSPS) is 10.3. The van der Waals surface area contributed by atoms with Crippen LogP contribution in [0.4, 0.5) is 4.79 Å². The Bertz CT molecular complexity index is 800. The lowest BCUT2D eigenvalue weighted by molar-refractivity contribution is 0.137. The molecule has 2 aromatic heterocycles. The molecule has 0 unspecified atom stereocenters. The zero-order valence-electron chi connectivity index (χ0n) is 12.7. The topological polar surface area (TPSA) is 100 Å². The molecule has 0 aliphatic carbocycles. The minimum Gasteiger partial charge on any atom is -0.489 e. The van der Waals surface area contributed by atoms with E-state index in [1.54, 1.807) is 18.5 Å². The summed E-state index contributed by atoms with van der Waals surface area (Å²) in [6, 6.07) is 12.9. The number of primary amides is 1. The number of hydrogen-bond donors (Lipinski definition) is 1. The Kier molecular flexibility index (Phi) is 4.71. The number of carbonyl (C=O) groups is 1. The van der Waals surface area contributed by atoms with Crippen LogP contribution in [-0.4, -0.2) is 16.2 Å². The number of amides is 1. The molecule has 3 aromatic rings. The number of hydrogen-bond acceptors (Lipinski definition) is 6. The Hall–Kier alpha value is -3.35. The Morgan fingerprint density at radius 3 is 2.71 bits per heavy atom. The molecule has 122 valence electrons. The lowest BCUT2D eigenvalue weighted by Crippen LogP contribution is -2.12. The summed E-state index contributed by atoms with van der Waals surface area (Å²) >= 11 is 0. The molecule has 0 bridgehead atoms. The highest BCUT2D eigenvalue weighted by molar-refractivity contribution is 5.64. The molecule has 0 aliphatic rings. The highest BCUT2D eigenvalue weighted by Gasteiger charge is 2.08. The molecule has 1 amide bonds. The van der Waals surface area contributed by atoms with Gasteiger partial charge in [0.25, 0.3) is 0 Å². The summed E-state index contributed by atoms with van der Waals surface area (Å²) in [5, 5.41) is 3.93. The van der Waals surface area contributed by atoms with Gasteiger partial charge in [0.1, 0.15) is 18.1 Å². The van der Waals surface area contributed by atoms with E-state index in [4.69, 9.17) is 15.0 Å². The van der Waals surface area contributed by atoms with Gasteiger partial charge in [0.15, 0.2) is 12.4 Å². The first kappa shape index (κ1) is 15.5. The van der Waals surface area contributed by atoms with E-state index in [9.17, 15) is 4.79 Å². The number of aromatic nitrogens is 2. The average Bonchev–Trinajstić information content (AvgIpc) is 3.08.